The predicted octanol–water partition coefficient (Wildman–Crippen LogP) is 0.989. The molecule has 1 aliphatic carbocycles. The fourth-order valence-corrected chi connectivity index (χ4v) is 3.46. The molecule has 0 aromatic heterocycles. The van der Waals surface area contributed by atoms with Gasteiger partial charge in [0.05, 0.1) is 13.7 Å². The van der Waals surface area contributed by atoms with Gasteiger partial charge in [-0.1, -0.05) is 18.2 Å². The number of methoxy groups -OCH3 is 1. The number of phenols is 1. The summed E-state index contributed by atoms with van der Waals surface area (Å²) >= 11 is 0. The van der Waals surface area contributed by atoms with Crippen molar-refractivity contribution >= 4 is 23.9 Å². The molecule has 0 bridgehead atoms. The van der Waals surface area contributed by atoms with E-state index in [1.54, 1.807) is 32.9 Å². The number of nitrogens with zero attached hydrogens (tertiary/aromatic N) is 1. The monoisotopic (exact) mass is 479 g/mol. The lowest BCUT2D eigenvalue weighted by molar-refractivity contribution is -0.149. The van der Waals surface area contributed by atoms with Gasteiger partial charge in [0, 0.05) is 11.6 Å². The summed E-state index contributed by atoms with van der Waals surface area (Å²) < 4.78 is 9.75. The molecule has 11 nitrogen and oxygen atoms in total. The Kier molecular flexibility index (Phi) is 9.25. The van der Waals surface area contributed by atoms with Crippen LogP contribution in [0.2, 0.25) is 0 Å². The van der Waals surface area contributed by atoms with Gasteiger partial charge in [-0.3, -0.25) is 14.4 Å². The molecule has 2 atom stereocenters. The van der Waals surface area contributed by atoms with Crippen molar-refractivity contribution < 1.29 is 38.9 Å². The molecule has 2 unspecified atom stereocenters. The van der Waals surface area contributed by atoms with Crippen LogP contribution in [0.15, 0.2) is 24.3 Å². The van der Waals surface area contributed by atoms with Crippen molar-refractivity contribution in [3.8, 4) is 5.75 Å². The van der Waals surface area contributed by atoms with Gasteiger partial charge in [0.25, 0.3) is 0 Å². The second-order valence-electron chi connectivity index (χ2n) is 8.97. The van der Waals surface area contributed by atoms with Crippen LogP contribution in [0.25, 0.3) is 0 Å². The number of phenolic OH excluding ortho intramolecular Hbond substituents is 1. The van der Waals surface area contributed by atoms with E-state index in [2.05, 4.69) is 15.4 Å². The zero-order valence-electron chi connectivity index (χ0n) is 19.9. The van der Waals surface area contributed by atoms with Gasteiger partial charge in [-0.05, 0) is 46.1 Å². The van der Waals surface area contributed by atoms with E-state index in [9.17, 15) is 29.4 Å². The highest BCUT2D eigenvalue weighted by Crippen LogP contribution is 2.36. The normalized spacial score (nSPS) is 15.3. The Bertz CT molecular complexity index is 894. The number of aliphatic hydroxyl groups is 1. The average Bonchev–Trinajstić information content (AvgIpc) is 2.73. The molecule has 1 fully saturated rings. The first kappa shape index (κ1) is 26.9. The van der Waals surface area contributed by atoms with Crippen molar-refractivity contribution in [3.05, 3.63) is 29.8 Å². The van der Waals surface area contributed by atoms with Crippen LogP contribution < -0.4 is 10.6 Å². The van der Waals surface area contributed by atoms with E-state index in [0.717, 1.165) is 6.42 Å². The predicted molar refractivity (Wildman–Crippen MR) is 121 cm³/mol. The van der Waals surface area contributed by atoms with Gasteiger partial charge in [-0.15, -0.1) is 0 Å². The fourth-order valence-electron chi connectivity index (χ4n) is 3.46. The van der Waals surface area contributed by atoms with Crippen molar-refractivity contribution in [2.45, 2.75) is 63.8 Å². The highest BCUT2D eigenvalue weighted by atomic mass is 16.6. The van der Waals surface area contributed by atoms with E-state index < -0.39 is 54.7 Å². The Labute approximate surface area is 198 Å². The van der Waals surface area contributed by atoms with Gasteiger partial charge in [-0.25, -0.2) is 4.79 Å². The summed E-state index contributed by atoms with van der Waals surface area (Å²) in [6.07, 6.45) is 1.09. The third-order valence-corrected chi connectivity index (χ3v) is 5.29. The maximum atomic E-state index is 13.6. The summed E-state index contributed by atoms with van der Waals surface area (Å²) in [7, 11) is 1.17. The minimum atomic E-state index is -1.39. The summed E-state index contributed by atoms with van der Waals surface area (Å²) in [5, 5.41) is 25.2. The van der Waals surface area contributed by atoms with E-state index in [1.807, 2.05) is 0 Å². The molecule has 1 aliphatic rings. The number of aliphatic hydroxyl groups excluding tert-OH is 1. The molecule has 3 amide bonds. The Hall–Kier alpha value is -3.34. The van der Waals surface area contributed by atoms with Crippen LogP contribution in [0.4, 0.5) is 4.79 Å². The van der Waals surface area contributed by atoms with Crippen LogP contribution in [0.5, 0.6) is 5.75 Å². The molecular formula is C23H33N3O8. The summed E-state index contributed by atoms with van der Waals surface area (Å²) in [5.74, 6) is -2.36. The van der Waals surface area contributed by atoms with E-state index in [0.29, 0.717) is 12.8 Å². The number of benzene rings is 1. The molecule has 0 saturated heterocycles. The number of para-hydroxylation sites is 1. The molecule has 0 spiro atoms. The molecule has 0 aliphatic heterocycles. The number of carbonyl (C=O) groups is 4. The maximum absolute atomic E-state index is 13.6. The first-order valence-electron chi connectivity index (χ1n) is 11.0. The molecule has 34 heavy (non-hydrogen) atoms. The molecule has 1 aromatic rings. The highest BCUT2D eigenvalue weighted by Gasteiger charge is 2.42. The maximum Gasteiger partial charge on any atom is 0.408 e. The Morgan fingerprint density at radius 1 is 1.18 bits per heavy atom. The van der Waals surface area contributed by atoms with Gasteiger partial charge < -0.3 is 35.2 Å². The number of esters is 1. The van der Waals surface area contributed by atoms with Gasteiger partial charge in [-0.2, -0.15) is 0 Å². The Balaban J connectivity index is 2.41. The molecule has 1 saturated carbocycles. The van der Waals surface area contributed by atoms with Crippen LogP contribution >= 0.6 is 0 Å². The quantitative estimate of drug-likeness (QED) is 0.382. The van der Waals surface area contributed by atoms with Gasteiger partial charge in [0.15, 0.2) is 0 Å². The standard InChI is InChI=1S/C23H33N3O8/c1-23(2,3)34-22(32)25-16(13-27)21(31)26(14-8-7-9-14)19(15-10-5-6-11-17(15)28)20(30)24-12-18(29)33-4/h5-6,10-11,14,16,19,27-28H,7-9,12-13H2,1-4H3,(H,24,30)(H,25,32). The summed E-state index contributed by atoms with van der Waals surface area (Å²) in [5.41, 5.74) is -0.688. The smallest absolute Gasteiger partial charge is 0.408 e. The van der Waals surface area contributed by atoms with Crippen molar-refractivity contribution in [2.75, 3.05) is 20.3 Å². The van der Waals surface area contributed by atoms with Crippen LogP contribution in [0.1, 0.15) is 51.6 Å². The van der Waals surface area contributed by atoms with E-state index in [-0.39, 0.29) is 17.4 Å². The van der Waals surface area contributed by atoms with Crippen molar-refractivity contribution in [2.24, 2.45) is 0 Å². The Morgan fingerprint density at radius 3 is 2.32 bits per heavy atom. The lowest BCUT2D eigenvalue weighted by Gasteiger charge is -2.43. The molecule has 0 heterocycles. The number of rotatable bonds is 9. The molecule has 1 aromatic carbocycles. The number of hydrogen-bond donors (Lipinski definition) is 4. The lowest BCUT2D eigenvalue weighted by Crippen LogP contribution is -2.58. The largest absolute Gasteiger partial charge is 0.508 e. The van der Waals surface area contributed by atoms with E-state index in [1.165, 1.54) is 24.1 Å². The van der Waals surface area contributed by atoms with Crippen molar-refractivity contribution in [3.63, 3.8) is 0 Å². The minimum Gasteiger partial charge on any atom is -0.508 e. The number of aromatic hydroxyl groups is 1. The van der Waals surface area contributed by atoms with Crippen LogP contribution in [-0.4, -0.2) is 76.9 Å². The number of amides is 3. The number of carbonyl (C=O) groups excluding carboxylic acids is 4. The van der Waals surface area contributed by atoms with Gasteiger partial charge in [0.2, 0.25) is 11.8 Å². The first-order chi connectivity index (χ1) is 16.0. The summed E-state index contributed by atoms with van der Waals surface area (Å²) in [6, 6.07) is 2.94. The second-order valence-corrected chi connectivity index (χ2v) is 8.97. The Morgan fingerprint density at radius 2 is 1.82 bits per heavy atom. The van der Waals surface area contributed by atoms with Crippen LogP contribution in [0, 0.1) is 0 Å². The zero-order valence-corrected chi connectivity index (χ0v) is 19.9. The van der Waals surface area contributed by atoms with E-state index >= 15 is 0 Å². The number of nitrogens with one attached hydrogen (secondary N) is 2. The average molecular weight is 480 g/mol. The molecule has 11 heteroatoms. The van der Waals surface area contributed by atoms with Crippen molar-refractivity contribution in [1.82, 2.24) is 15.5 Å². The number of hydrogen-bond acceptors (Lipinski definition) is 8. The third-order valence-electron chi connectivity index (χ3n) is 5.29. The number of alkyl carbamates (subject to hydrolysis) is 1. The molecule has 2 rings (SSSR count). The summed E-state index contributed by atoms with van der Waals surface area (Å²) in [6.45, 7) is 3.79. The van der Waals surface area contributed by atoms with Crippen LogP contribution in [-0.2, 0) is 23.9 Å². The molecular weight excluding hydrogens is 446 g/mol. The van der Waals surface area contributed by atoms with Crippen molar-refractivity contribution in [1.29, 1.82) is 0 Å². The fraction of sp³-hybridized carbons (Fsp3) is 0.565. The minimum absolute atomic E-state index is 0.138. The van der Waals surface area contributed by atoms with Gasteiger partial charge >= 0.3 is 12.1 Å². The lowest BCUT2D eigenvalue weighted by atomic mass is 9.88. The molecule has 4 N–H and O–H groups in total. The zero-order chi connectivity index (χ0) is 25.5. The second kappa shape index (κ2) is 11.7. The highest BCUT2D eigenvalue weighted by molar-refractivity contribution is 5.94. The topological polar surface area (TPSA) is 154 Å². The third kappa shape index (κ3) is 7.08. The number of ether oxygens (including phenoxy) is 2. The van der Waals surface area contributed by atoms with Gasteiger partial charge in [0.1, 0.15) is 30.0 Å². The SMILES string of the molecule is COC(=O)CNC(=O)C(c1ccccc1O)N(C(=O)C(CO)NC(=O)OC(C)(C)C)C1CCC1. The molecule has 188 valence electrons. The first-order valence-corrected chi connectivity index (χ1v) is 11.0. The summed E-state index contributed by atoms with van der Waals surface area (Å²) in [4.78, 5) is 51.9. The molecule has 0 radical (unpaired) electrons. The van der Waals surface area contributed by atoms with Crippen LogP contribution in [0.3, 0.4) is 0 Å². The van der Waals surface area contributed by atoms with E-state index in [4.69, 9.17) is 4.74 Å².